The van der Waals surface area contributed by atoms with E-state index in [0.717, 1.165) is 24.4 Å². The van der Waals surface area contributed by atoms with Crippen LogP contribution >= 0.6 is 11.6 Å². The molecule has 1 aromatic heterocycles. The van der Waals surface area contributed by atoms with E-state index < -0.39 is 0 Å². The molecule has 0 N–H and O–H groups in total. The van der Waals surface area contributed by atoms with Gasteiger partial charge in [0.15, 0.2) is 0 Å². The van der Waals surface area contributed by atoms with E-state index in [0.29, 0.717) is 18.5 Å². The number of rotatable bonds is 3. The Balaban J connectivity index is 2.06. The molecule has 0 aliphatic carbocycles. The molecule has 18 heavy (non-hydrogen) atoms. The Morgan fingerprint density at radius 2 is 2.11 bits per heavy atom. The second-order valence-electron chi connectivity index (χ2n) is 4.42. The third-order valence-corrected chi connectivity index (χ3v) is 3.37. The Labute approximate surface area is 111 Å². The lowest BCUT2D eigenvalue weighted by Crippen LogP contribution is -2.02. The summed E-state index contributed by atoms with van der Waals surface area (Å²) in [6, 6.07) is 6.24. The van der Waals surface area contributed by atoms with Gasteiger partial charge in [0.1, 0.15) is 5.82 Å². The Kier molecular flexibility index (Phi) is 3.06. The van der Waals surface area contributed by atoms with Gasteiger partial charge in [0.25, 0.3) is 0 Å². The van der Waals surface area contributed by atoms with Crippen molar-refractivity contribution < 1.29 is 4.74 Å². The molecule has 0 radical (unpaired) electrons. The largest absolute Gasteiger partial charge is 0.372 e. The van der Waals surface area contributed by atoms with Gasteiger partial charge < -0.3 is 4.74 Å². The van der Waals surface area contributed by atoms with Crippen molar-refractivity contribution in [3.05, 3.63) is 40.4 Å². The van der Waals surface area contributed by atoms with Crippen LogP contribution in [0.5, 0.6) is 0 Å². The predicted octanol–water partition coefficient (Wildman–Crippen LogP) is 2.90. The molecule has 0 unspecified atom stereocenters. The molecule has 94 valence electrons. The number of ether oxygens (including phenoxy) is 1. The molecule has 1 aromatic carbocycles. The summed E-state index contributed by atoms with van der Waals surface area (Å²) in [5.41, 5.74) is 3.48. The van der Waals surface area contributed by atoms with E-state index in [1.54, 1.807) is 0 Å². The second-order valence-corrected chi connectivity index (χ2v) is 4.75. The quantitative estimate of drug-likeness (QED) is 0.855. The van der Waals surface area contributed by atoms with Crippen LogP contribution in [0.2, 0.25) is 5.28 Å². The lowest BCUT2D eigenvalue weighted by atomic mass is 10.1. The summed E-state index contributed by atoms with van der Waals surface area (Å²) < 4.78 is 7.33. The number of aryl methyl sites for hydroxylation is 1. The van der Waals surface area contributed by atoms with Crippen molar-refractivity contribution in [2.75, 3.05) is 0 Å². The summed E-state index contributed by atoms with van der Waals surface area (Å²) >= 11 is 6.12. The molecule has 1 aliphatic rings. The van der Waals surface area contributed by atoms with Gasteiger partial charge in [-0.2, -0.15) is 0 Å². The number of hydrogen-bond acceptors (Lipinski definition) is 3. The molecule has 2 aromatic rings. The highest BCUT2D eigenvalue weighted by molar-refractivity contribution is 6.28. The van der Waals surface area contributed by atoms with Crippen LogP contribution in [-0.4, -0.2) is 14.8 Å². The Morgan fingerprint density at radius 1 is 1.28 bits per heavy atom. The molecule has 2 heterocycles. The summed E-state index contributed by atoms with van der Waals surface area (Å²) in [5, 5.41) is 8.49. The average Bonchev–Trinajstić information content (AvgIpc) is 2.96. The standard InChI is InChI=1S/C13H14ClN3O/c1-2-3-12-15-16-13(14)17(12)11-5-4-9-7-18-8-10(9)6-11/h4-6H,2-3,7-8H2,1H3. The summed E-state index contributed by atoms with van der Waals surface area (Å²) in [6.07, 6.45) is 1.89. The van der Waals surface area contributed by atoms with Crippen LogP contribution < -0.4 is 0 Å². The van der Waals surface area contributed by atoms with Crippen LogP contribution in [-0.2, 0) is 24.4 Å². The zero-order chi connectivity index (χ0) is 12.5. The number of hydrogen-bond donors (Lipinski definition) is 0. The highest BCUT2D eigenvalue weighted by atomic mass is 35.5. The molecule has 0 saturated carbocycles. The lowest BCUT2D eigenvalue weighted by Gasteiger charge is -2.08. The summed E-state index contributed by atoms with van der Waals surface area (Å²) in [7, 11) is 0. The monoisotopic (exact) mass is 263 g/mol. The van der Waals surface area contributed by atoms with Gasteiger partial charge in [-0.3, -0.25) is 4.57 Å². The minimum atomic E-state index is 0.414. The SMILES string of the molecule is CCCc1nnc(Cl)n1-c1ccc2c(c1)COC2. The highest BCUT2D eigenvalue weighted by Crippen LogP contribution is 2.25. The Hall–Kier alpha value is -1.39. The van der Waals surface area contributed by atoms with Crippen molar-refractivity contribution in [1.82, 2.24) is 14.8 Å². The zero-order valence-electron chi connectivity index (χ0n) is 10.2. The van der Waals surface area contributed by atoms with Crippen molar-refractivity contribution in [2.24, 2.45) is 0 Å². The van der Waals surface area contributed by atoms with Gasteiger partial charge in [-0.1, -0.05) is 13.0 Å². The van der Waals surface area contributed by atoms with Gasteiger partial charge >= 0.3 is 0 Å². The molecule has 0 amide bonds. The molecule has 1 aliphatic heterocycles. The highest BCUT2D eigenvalue weighted by Gasteiger charge is 2.15. The van der Waals surface area contributed by atoms with Crippen molar-refractivity contribution in [3.63, 3.8) is 0 Å². The molecule has 0 bridgehead atoms. The van der Waals surface area contributed by atoms with Gasteiger partial charge in [-0.25, -0.2) is 0 Å². The fraction of sp³-hybridized carbons (Fsp3) is 0.385. The molecular formula is C13H14ClN3O. The number of aromatic nitrogens is 3. The van der Waals surface area contributed by atoms with Gasteiger partial charge in [0.05, 0.1) is 18.9 Å². The van der Waals surface area contributed by atoms with E-state index in [4.69, 9.17) is 16.3 Å². The van der Waals surface area contributed by atoms with Gasteiger partial charge in [-0.05, 0) is 41.3 Å². The topological polar surface area (TPSA) is 39.9 Å². The zero-order valence-corrected chi connectivity index (χ0v) is 10.9. The normalized spacial score (nSPS) is 13.9. The second kappa shape index (κ2) is 4.71. The number of halogens is 1. The molecule has 0 spiro atoms. The van der Waals surface area contributed by atoms with Gasteiger partial charge in [-0.15, -0.1) is 10.2 Å². The molecule has 0 atom stereocenters. The summed E-state index contributed by atoms with van der Waals surface area (Å²) in [6.45, 7) is 3.49. The van der Waals surface area contributed by atoms with E-state index >= 15 is 0 Å². The Morgan fingerprint density at radius 3 is 2.94 bits per heavy atom. The molecule has 5 heteroatoms. The van der Waals surface area contributed by atoms with Crippen molar-refractivity contribution in [1.29, 1.82) is 0 Å². The molecule has 4 nitrogen and oxygen atoms in total. The minimum Gasteiger partial charge on any atom is -0.372 e. The third kappa shape index (κ3) is 1.91. The van der Waals surface area contributed by atoms with E-state index in [1.165, 1.54) is 11.1 Å². The first-order valence-corrected chi connectivity index (χ1v) is 6.47. The van der Waals surface area contributed by atoms with Gasteiger partial charge in [0, 0.05) is 6.42 Å². The minimum absolute atomic E-state index is 0.414. The van der Waals surface area contributed by atoms with Crippen LogP contribution in [0.1, 0.15) is 30.3 Å². The van der Waals surface area contributed by atoms with Crippen molar-refractivity contribution >= 4 is 11.6 Å². The Bertz CT molecular complexity index is 580. The summed E-state index contributed by atoms with van der Waals surface area (Å²) in [5.74, 6) is 0.904. The molecule has 0 fully saturated rings. The number of fused-ring (bicyclic) bond motifs is 1. The third-order valence-electron chi connectivity index (χ3n) is 3.13. The average molecular weight is 264 g/mol. The van der Waals surface area contributed by atoms with Gasteiger partial charge in [0.2, 0.25) is 5.28 Å². The van der Waals surface area contributed by atoms with Crippen LogP contribution in [0.3, 0.4) is 0 Å². The molecule has 0 saturated heterocycles. The van der Waals surface area contributed by atoms with E-state index in [1.807, 2.05) is 10.6 Å². The van der Waals surface area contributed by atoms with E-state index in [9.17, 15) is 0 Å². The van der Waals surface area contributed by atoms with Crippen molar-refractivity contribution in [2.45, 2.75) is 33.0 Å². The number of nitrogens with zero attached hydrogens (tertiary/aromatic N) is 3. The maximum atomic E-state index is 6.12. The first kappa shape index (κ1) is 11.7. The maximum Gasteiger partial charge on any atom is 0.229 e. The molecular weight excluding hydrogens is 250 g/mol. The fourth-order valence-electron chi connectivity index (χ4n) is 2.23. The van der Waals surface area contributed by atoms with Crippen molar-refractivity contribution in [3.8, 4) is 5.69 Å². The molecule has 3 rings (SSSR count). The van der Waals surface area contributed by atoms with Crippen LogP contribution in [0.4, 0.5) is 0 Å². The van der Waals surface area contributed by atoms with E-state index in [-0.39, 0.29) is 0 Å². The maximum absolute atomic E-state index is 6.12. The predicted molar refractivity (Wildman–Crippen MR) is 68.9 cm³/mol. The first-order valence-electron chi connectivity index (χ1n) is 6.09. The summed E-state index contributed by atoms with van der Waals surface area (Å²) in [4.78, 5) is 0. The van der Waals surface area contributed by atoms with Crippen LogP contribution in [0.15, 0.2) is 18.2 Å². The fourth-order valence-corrected chi connectivity index (χ4v) is 2.47. The first-order chi connectivity index (χ1) is 8.79. The van der Waals surface area contributed by atoms with Crippen LogP contribution in [0.25, 0.3) is 5.69 Å². The lowest BCUT2D eigenvalue weighted by molar-refractivity contribution is 0.134. The smallest absolute Gasteiger partial charge is 0.229 e. The van der Waals surface area contributed by atoms with E-state index in [2.05, 4.69) is 29.3 Å². The number of benzene rings is 1. The van der Waals surface area contributed by atoms with Crippen LogP contribution in [0, 0.1) is 0 Å².